The van der Waals surface area contributed by atoms with Gasteiger partial charge in [-0.3, -0.25) is 4.98 Å². The Labute approximate surface area is 198 Å². The Morgan fingerprint density at radius 3 is 2.46 bits per heavy atom. The minimum atomic E-state index is -4.41. The average molecular weight is 476 g/mol. The largest absolute Gasteiger partial charge is 0.497 e. The zero-order chi connectivity index (χ0) is 24.4. The van der Waals surface area contributed by atoms with E-state index in [-0.39, 0.29) is 5.69 Å². The van der Waals surface area contributed by atoms with Crippen LogP contribution in [0, 0.1) is 0 Å². The summed E-state index contributed by atoms with van der Waals surface area (Å²) in [5.74, 6) is 2.35. The van der Waals surface area contributed by atoms with Crippen LogP contribution in [-0.4, -0.2) is 22.1 Å². The van der Waals surface area contributed by atoms with Crippen molar-refractivity contribution in [3.63, 3.8) is 0 Å². The lowest BCUT2D eigenvalue weighted by atomic mass is 10.1. The molecule has 2 aromatic heterocycles. The third-order valence-corrected chi connectivity index (χ3v) is 5.33. The zero-order valence-electron chi connectivity index (χ0n) is 18.4. The van der Waals surface area contributed by atoms with Gasteiger partial charge in [0.05, 0.1) is 30.1 Å². The quantitative estimate of drug-likeness (QED) is 0.271. The second-order valence-corrected chi connectivity index (χ2v) is 7.67. The fourth-order valence-electron chi connectivity index (χ4n) is 3.59. The molecule has 0 saturated heterocycles. The normalized spacial score (nSPS) is 11.4. The number of nitrogens with one attached hydrogen (secondary N) is 2. The summed E-state index contributed by atoms with van der Waals surface area (Å²) < 4.78 is 50.1. The van der Waals surface area contributed by atoms with E-state index in [1.165, 1.54) is 6.07 Å². The maximum Gasteiger partial charge on any atom is 0.416 e. The first-order valence-electron chi connectivity index (χ1n) is 10.6. The van der Waals surface area contributed by atoms with Crippen LogP contribution in [0.2, 0.25) is 0 Å². The van der Waals surface area contributed by atoms with Crippen LogP contribution in [0.25, 0.3) is 22.2 Å². The highest BCUT2D eigenvalue weighted by atomic mass is 19.4. The van der Waals surface area contributed by atoms with Crippen LogP contribution >= 0.6 is 0 Å². The molecule has 35 heavy (non-hydrogen) atoms. The molecule has 0 amide bonds. The molecule has 0 fully saturated rings. The summed E-state index contributed by atoms with van der Waals surface area (Å²) in [5, 5.41) is 3.73. The summed E-state index contributed by atoms with van der Waals surface area (Å²) in [6.45, 7) is 0. The molecular formula is C26H19F3N4O2. The highest BCUT2D eigenvalue weighted by Gasteiger charge is 2.30. The Hall–Kier alpha value is -4.53. The van der Waals surface area contributed by atoms with Crippen LogP contribution in [0.4, 0.5) is 24.8 Å². The second kappa shape index (κ2) is 9.02. The van der Waals surface area contributed by atoms with Gasteiger partial charge < -0.3 is 19.8 Å². The molecule has 0 aliphatic heterocycles. The summed E-state index contributed by atoms with van der Waals surface area (Å²) in [7, 11) is 1.60. The number of alkyl halides is 3. The monoisotopic (exact) mass is 476 g/mol. The van der Waals surface area contributed by atoms with Gasteiger partial charge >= 0.3 is 6.18 Å². The number of aromatic amines is 1. The SMILES string of the molecule is COc1ccc2c(Oc3ccc(-c4cnc(Nc5cccc(C(F)(F)F)c5)[nH]4)cc3)ccnc2c1. The first-order valence-corrected chi connectivity index (χ1v) is 10.6. The standard InChI is InChI=1S/C26H19F3N4O2/c1-34-20-9-10-21-22(14-20)30-12-11-24(21)35-19-7-5-16(6-8-19)23-15-31-25(33-23)32-18-4-2-3-17(13-18)26(27,28)29/h2-15H,1H3,(H2,31,32,33). The average Bonchev–Trinajstić information content (AvgIpc) is 3.32. The van der Waals surface area contributed by atoms with E-state index in [1.54, 1.807) is 31.6 Å². The van der Waals surface area contributed by atoms with Crippen LogP contribution in [0.3, 0.4) is 0 Å². The van der Waals surface area contributed by atoms with Gasteiger partial charge in [0.25, 0.3) is 0 Å². The van der Waals surface area contributed by atoms with Crippen molar-refractivity contribution in [3.05, 3.63) is 90.8 Å². The van der Waals surface area contributed by atoms with Crippen molar-refractivity contribution >= 4 is 22.5 Å². The van der Waals surface area contributed by atoms with Gasteiger partial charge in [-0.1, -0.05) is 6.07 Å². The van der Waals surface area contributed by atoms with Crippen LogP contribution in [-0.2, 0) is 6.18 Å². The third-order valence-electron chi connectivity index (χ3n) is 5.33. The summed E-state index contributed by atoms with van der Waals surface area (Å²) in [4.78, 5) is 11.7. The Kier molecular flexibility index (Phi) is 5.74. The van der Waals surface area contributed by atoms with Crippen molar-refractivity contribution < 1.29 is 22.6 Å². The van der Waals surface area contributed by atoms with Gasteiger partial charge in [-0.15, -0.1) is 0 Å². The van der Waals surface area contributed by atoms with Crippen molar-refractivity contribution in [3.8, 4) is 28.5 Å². The van der Waals surface area contributed by atoms with Crippen molar-refractivity contribution in [2.45, 2.75) is 6.18 Å². The van der Waals surface area contributed by atoms with E-state index >= 15 is 0 Å². The Morgan fingerprint density at radius 2 is 1.69 bits per heavy atom. The first-order chi connectivity index (χ1) is 16.9. The molecule has 0 unspecified atom stereocenters. The number of anilines is 2. The molecule has 0 spiro atoms. The van der Waals surface area contributed by atoms with E-state index < -0.39 is 11.7 Å². The fourth-order valence-corrected chi connectivity index (χ4v) is 3.59. The van der Waals surface area contributed by atoms with E-state index in [0.717, 1.165) is 28.6 Å². The van der Waals surface area contributed by atoms with Crippen molar-refractivity contribution in [2.24, 2.45) is 0 Å². The molecule has 5 aromatic rings. The molecule has 0 aliphatic carbocycles. The molecule has 5 rings (SSSR count). The number of fused-ring (bicyclic) bond motifs is 1. The highest BCUT2D eigenvalue weighted by Crippen LogP contribution is 2.33. The number of methoxy groups -OCH3 is 1. The Bertz CT molecular complexity index is 1480. The van der Waals surface area contributed by atoms with Gasteiger partial charge in [0.2, 0.25) is 5.95 Å². The molecule has 3 aromatic carbocycles. The van der Waals surface area contributed by atoms with Crippen molar-refractivity contribution in [1.82, 2.24) is 15.0 Å². The smallest absolute Gasteiger partial charge is 0.416 e. The molecule has 0 saturated carbocycles. The summed E-state index contributed by atoms with van der Waals surface area (Å²) in [6.07, 6.45) is -1.13. The van der Waals surface area contributed by atoms with Crippen molar-refractivity contribution in [1.29, 1.82) is 0 Å². The molecule has 176 valence electrons. The summed E-state index contributed by atoms with van der Waals surface area (Å²) in [5.41, 5.74) is 1.85. The third kappa shape index (κ3) is 4.89. The molecule has 0 atom stereocenters. The highest BCUT2D eigenvalue weighted by molar-refractivity contribution is 5.86. The second-order valence-electron chi connectivity index (χ2n) is 7.67. The predicted octanol–water partition coefficient (Wildman–Crippen LogP) is 7.19. The number of rotatable bonds is 6. The molecule has 2 heterocycles. The fraction of sp³-hybridized carbons (Fsp3) is 0.0769. The van der Waals surface area contributed by atoms with Gasteiger partial charge in [0.1, 0.15) is 17.2 Å². The van der Waals surface area contributed by atoms with E-state index in [9.17, 15) is 13.2 Å². The number of imidazole rings is 1. The Balaban J connectivity index is 1.31. The number of nitrogens with zero attached hydrogens (tertiary/aromatic N) is 2. The lowest BCUT2D eigenvalue weighted by Gasteiger charge is -2.10. The van der Waals surface area contributed by atoms with E-state index in [4.69, 9.17) is 9.47 Å². The molecule has 2 N–H and O–H groups in total. The molecule has 0 radical (unpaired) electrons. The van der Waals surface area contributed by atoms with Crippen LogP contribution < -0.4 is 14.8 Å². The van der Waals surface area contributed by atoms with Gasteiger partial charge in [-0.25, -0.2) is 4.98 Å². The van der Waals surface area contributed by atoms with Gasteiger partial charge in [0, 0.05) is 23.3 Å². The van der Waals surface area contributed by atoms with E-state index in [1.807, 2.05) is 42.5 Å². The molecule has 6 nitrogen and oxygen atoms in total. The van der Waals surface area contributed by atoms with Gasteiger partial charge in [-0.05, 0) is 66.2 Å². The van der Waals surface area contributed by atoms with Crippen molar-refractivity contribution in [2.75, 3.05) is 12.4 Å². The van der Waals surface area contributed by atoms with Gasteiger partial charge in [0.15, 0.2) is 0 Å². The lowest BCUT2D eigenvalue weighted by Crippen LogP contribution is -2.05. The number of hydrogen-bond donors (Lipinski definition) is 2. The van der Waals surface area contributed by atoms with Crippen LogP contribution in [0.1, 0.15) is 5.56 Å². The number of H-pyrrole nitrogens is 1. The Morgan fingerprint density at radius 1 is 0.886 bits per heavy atom. The number of halogens is 3. The number of benzene rings is 3. The lowest BCUT2D eigenvalue weighted by molar-refractivity contribution is -0.137. The molecule has 9 heteroatoms. The predicted molar refractivity (Wildman–Crippen MR) is 127 cm³/mol. The first kappa shape index (κ1) is 22.3. The maximum absolute atomic E-state index is 12.9. The molecule has 0 aliphatic rings. The molecular weight excluding hydrogens is 457 g/mol. The number of pyridine rings is 1. The number of hydrogen-bond acceptors (Lipinski definition) is 5. The van der Waals surface area contributed by atoms with E-state index in [0.29, 0.717) is 28.9 Å². The number of aromatic nitrogens is 3. The number of ether oxygens (including phenoxy) is 2. The summed E-state index contributed by atoms with van der Waals surface area (Å²) in [6, 6.07) is 19.7. The van der Waals surface area contributed by atoms with Crippen LogP contribution in [0.15, 0.2) is 85.2 Å². The van der Waals surface area contributed by atoms with Gasteiger partial charge in [-0.2, -0.15) is 13.2 Å². The van der Waals surface area contributed by atoms with E-state index in [2.05, 4.69) is 20.3 Å². The zero-order valence-corrected chi connectivity index (χ0v) is 18.4. The minimum absolute atomic E-state index is 0.284. The minimum Gasteiger partial charge on any atom is -0.497 e. The van der Waals surface area contributed by atoms with Crippen LogP contribution in [0.5, 0.6) is 17.2 Å². The topological polar surface area (TPSA) is 72.1 Å². The molecule has 0 bridgehead atoms. The summed E-state index contributed by atoms with van der Waals surface area (Å²) >= 11 is 0. The maximum atomic E-state index is 12.9.